The number of nitrogens with zero attached hydrogens (tertiary/aromatic N) is 2. The smallest absolute Gasteiger partial charge is 0.337 e. The third-order valence-electron chi connectivity index (χ3n) is 3.50. The lowest BCUT2D eigenvalue weighted by molar-refractivity contribution is 0.0698. The standard InChI is InChI=1S/C18H11F2N3O3/c19-11-3-1-4-12(20)16(11)13-5-2-6-14(22-13)17(24)23-15-9-21-8-7-10(15)18(25)26/h1-9H,(H,23,24)(H,25,26). The first kappa shape index (κ1) is 17.2. The fourth-order valence-corrected chi connectivity index (χ4v) is 2.31. The van der Waals surface area contributed by atoms with Gasteiger partial charge in [0.1, 0.15) is 17.3 Å². The van der Waals surface area contributed by atoms with E-state index < -0.39 is 23.5 Å². The van der Waals surface area contributed by atoms with Crippen LogP contribution < -0.4 is 5.32 Å². The summed E-state index contributed by atoms with van der Waals surface area (Å²) in [7, 11) is 0. The Morgan fingerprint density at radius 1 is 1.00 bits per heavy atom. The Kier molecular flexibility index (Phi) is 4.66. The van der Waals surface area contributed by atoms with Crippen LogP contribution in [0.4, 0.5) is 14.5 Å². The molecular formula is C18H11F2N3O3. The molecule has 0 aliphatic carbocycles. The summed E-state index contributed by atoms with van der Waals surface area (Å²) in [4.78, 5) is 31.3. The van der Waals surface area contributed by atoms with Gasteiger partial charge < -0.3 is 10.4 Å². The molecule has 0 radical (unpaired) electrons. The number of hydrogen-bond acceptors (Lipinski definition) is 4. The van der Waals surface area contributed by atoms with Crippen LogP contribution in [0, 0.1) is 11.6 Å². The van der Waals surface area contributed by atoms with E-state index in [1.165, 1.54) is 42.7 Å². The van der Waals surface area contributed by atoms with Crippen LogP contribution in [0.15, 0.2) is 54.9 Å². The summed E-state index contributed by atoms with van der Waals surface area (Å²) in [6.07, 6.45) is 2.46. The van der Waals surface area contributed by atoms with Crippen LogP contribution in [0.2, 0.25) is 0 Å². The molecular weight excluding hydrogens is 344 g/mol. The molecule has 3 rings (SSSR count). The van der Waals surface area contributed by atoms with Gasteiger partial charge in [-0.2, -0.15) is 0 Å². The maximum Gasteiger partial charge on any atom is 0.337 e. The predicted octanol–water partition coefficient (Wildman–Crippen LogP) is 3.37. The quantitative estimate of drug-likeness (QED) is 0.749. The van der Waals surface area contributed by atoms with E-state index in [1.54, 1.807) is 0 Å². The van der Waals surface area contributed by atoms with Crippen molar-refractivity contribution in [2.24, 2.45) is 0 Å². The number of amides is 1. The SMILES string of the molecule is O=C(Nc1cnccc1C(=O)O)c1cccc(-c2c(F)cccc2F)n1. The van der Waals surface area contributed by atoms with E-state index in [0.29, 0.717) is 0 Å². The van der Waals surface area contributed by atoms with Crippen molar-refractivity contribution >= 4 is 17.6 Å². The molecule has 2 aromatic heterocycles. The van der Waals surface area contributed by atoms with Gasteiger partial charge in [-0.15, -0.1) is 0 Å². The maximum absolute atomic E-state index is 13.9. The summed E-state index contributed by atoms with van der Waals surface area (Å²) in [5.41, 5.74) is -0.711. The Bertz CT molecular complexity index is 988. The molecule has 8 heteroatoms. The number of carbonyl (C=O) groups is 2. The molecule has 0 atom stereocenters. The predicted molar refractivity (Wildman–Crippen MR) is 88.7 cm³/mol. The lowest BCUT2D eigenvalue weighted by Gasteiger charge is -2.09. The summed E-state index contributed by atoms with van der Waals surface area (Å²) in [5.74, 6) is -3.59. The van der Waals surface area contributed by atoms with Crippen molar-refractivity contribution in [1.82, 2.24) is 9.97 Å². The number of hydrogen-bond donors (Lipinski definition) is 2. The molecule has 26 heavy (non-hydrogen) atoms. The van der Waals surface area contributed by atoms with E-state index >= 15 is 0 Å². The molecule has 0 aliphatic heterocycles. The van der Waals surface area contributed by atoms with Crippen molar-refractivity contribution in [2.75, 3.05) is 5.32 Å². The highest BCUT2D eigenvalue weighted by molar-refractivity contribution is 6.06. The summed E-state index contributed by atoms with van der Waals surface area (Å²) in [6.45, 7) is 0. The third kappa shape index (κ3) is 3.39. The van der Waals surface area contributed by atoms with Gasteiger partial charge in [0.15, 0.2) is 0 Å². The third-order valence-corrected chi connectivity index (χ3v) is 3.50. The van der Waals surface area contributed by atoms with Crippen LogP contribution in [0.3, 0.4) is 0 Å². The molecule has 2 heterocycles. The Morgan fingerprint density at radius 3 is 2.38 bits per heavy atom. The summed E-state index contributed by atoms with van der Waals surface area (Å²) < 4.78 is 27.8. The second kappa shape index (κ2) is 7.06. The van der Waals surface area contributed by atoms with Crippen LogP contribution in [0.25, 0.3) is 11.3 Å². The van der Waals surface area contributed by atoms with Gasteiger partial charge in [-0.25, -0.2) is 18.6 Å². The van der Waals surface area contributed by atoms with E-state index in [4.69, 9.17) is 5.11 Å². The van der Waals surface area contributed by atoms with E-state index in [9.17, 15) is 18.4 Å². The largest absolute Gasteiger partial charge is 0.478 e. The van der Waals surface area contributed by atoms with Gasteiger partial charge in [0.2, 0.25) is 0 Å². The number of aromatic carboxylic acids is 1. The number of benzene rings is 1. The molecule has 1 amide bonds. The first-order valence-electron chi connectivity index (χ1n) is 7.37. The van der Waals surface area contributed by atoms with E-state index in [2.05, 4.69) is 15.3 Å². The highest BCUT2D eigenvalue weighted by atomic mass is 19.1. The fourth-order valence-electron chi connectivity index (χ4n) is 2.31. The number of nitrogens with one attached hydrogen (secondary N) is 1. The molecule has 0 spiro atoms. The summed E-state index contributed by atoms with van der Waals surface area (Å²) in [5, 5.41) is 11.5. The van der Waals surface area contributed by atoms with Crippen LogP contribution in [0.1, 0.15) is 20.8 Å². The van der Waals surface area contributed by atoms with Crippen molar-refractivity contribution in [1.29, 1.82) is 0 Å². The van der Waals surface area contributed by atoms with Crippen molar-refractivity contribution in [3.05, 3.63) is 77.8 Å². The zero-order valence-electron chi connectivity index (χ0n) is 13.1. The molecule has 0 saturated heterocycles. The van der Waals surface area contributed by atoms with Crippen molar-refractivity contribution in [3.63, 3.8) is 0 Å². The first-order chi connectivity index (χ1) is 12.5. The average Bonchev–Trinajstić information content (AvgIpc) is 2.62. The van der Waals surface area contributed by atoms with Crippen LogP contribution in [-0.4, -0.2) is 27.0 Å². The minimum absolute atomic E-state index is 0.0192. The molecule has 130 valence electrons. The van der Waals surface area contributed by atoms with Crippen molar-refractivity contribution in [2.45, 2.75) is 0 Å². The Morgan fingerprint density at radius 2 is 1.69 bits per heavy atom. The van der Waals surface area contributed by atoms with Crippen LogP contribution in [-0.2, 0) is 0 Å². The van der Waals surface area contributed by atoms with Crippen molar-refractivity contribution in [3.8, 4) is 11.3 Å². The van der Waals surface area contributed by atoms with Gasteiger partial charge in [0, 0.05) is 6.20 Å². The molecule has 1 aromatic carbocycles. The monoisotopic (exact) mass is 355 g/mol. The van der Waals surface area contributed by atoms with Crippen LogP contribution in [0.5, 0.6) is 0 Å². The molecule has 0 bridgehead atoms. The minimum atomic E-state index is -1.24. The Balaban J connectivity index is 1.94. The van der Waals surface area contributed by atoms with Crippen molar-refractivity contribution < 1.29 is 23.5 Å². The number of carbonyl (C=O) groups excluding carboxylic acids is 1. The number of rotatable bonds is 4. The molecule has 0 saturated carbocycles. The number of anilines is 1. The number of carboxylic acid groups (broad SMARTS) is 1. The van der Waals surface area contributed by atoms with E-state index in [-0.39, 0.29) is 28.2 Å². The normalized spacial score (nSPS) is 10.4. The van der Waals surface area contributed by atoms with Crippen LogP contribution >= 0.6 is 0 Å². The van der Waals surface area contributed by atoms with Gasteiger partial charge in [0.05, 0.1) is 28.7 Å². The topological polar surface area (TPSA) is 92.2 Å². The molecule has 0 aliphatic rings. The van der Waals surface area contributed by atoms with Gasteiger partial charge in [-0.3, -0.25) is 9.78 Å². The van der Waals surface area contributed by atoms with E-state index in [0.717, 1.165) is 12.1 Å². The minimum Gasteiger partial charge on any atom is -0.478 e. The number of halogens is 2. The number of aromatic nitrogens is 2. The number of carboxylic acids is 1. The molecule has 3 aromatic rings. The zero-order chi connectivity index (χ0) is 18.7. The highest BCUT2D eigenvalue weighted by Gasteiger charge is 2.17. The summed E-state index contributed by atoms with van der Waals surface area (Å²) in [6, 6.07) is 8.75. The molecule has 0 fully saturated rings. The highest BCUT2D eigenvalue weighted by Crippen LogP contribution is 2.24. The lowest BCUT2D eigenvalue weighted by atomic mass is 10.1. The molecule has 0 unspecified atom stereocenters. The van der Waals surface area contributed by atoms with Gasteiger partial charge in [-0.1, -0.05) is 12.1 Å². The fraction of sp³-hybridized carbons (Fsp3) is 0. The summed E-state index contributed by atoms with van der Waals surface area (Å²) >= 11 is 0. The lowest BCUT2D eigenvalue weighted by Crippen LogP contribution is -2.16. The van der Waals surface area contributed by atoms with E-state index in [1.807, 2.05) is 0 Å². The van der Waals surface area contributed by atoms with Gasteiger partial charge in [-0.05, 0) is 30.3 Å². The first-order valence-corrected chi connectivity index (χ1v) is 7.37. The second-order valence-electron chi connectivity index (χ2n) is 5.19. The maximum atomic E-state index is 13.9. The Labute approximate surface area is 146 Å². The van der Waals surface area contributed by atoms with Gasteiger partial charge >= 0.3 is 5.97 Å². The second-order valence-corrected chi connectivity index (χ2v) is 5.19. The zero-order valence-corrected chi connectivity index (χ0v) is 13.1. The molecule has 2 N–H and O–H groups in total. The Hall–Kier alpha value is -3.68. The molecule has 6 nitrogen and oxygen atoms in total. The number of pyridine rings is 2. The van der Waals surface area contributed by atoms with Gasteiger partial charge in [0.25, 0.3) is 5.91 Å². The average molecular weight is 355 g/mol.